The Labute approximate surface area is 176 Å². The average molecular weight is 424 g/mol. The highest BCUT2D eigenvalue weighted by atomic mass is 16.3. The van der Waals surface area contributed by atoms with Gasteiger partial charge in [0, 0.05) is 17.0 Å². The maximum Gasteiger partial charge on any atom is 0.201 e. The summed E-state index contributed by atoms with van der Waals surface area (Å²) < 4.78 is 0. The van der Waals surface area contributed by atoms with Crippen LogP contribution in [0.15, 0.2) is 42.5 Å². The van der Waals surface area contributed by atoms with Crippen molar-refractivity contribution in [3.05, 3.63) is 70.3 Å². The number of benzene rings is 3. The van der Waals surface area contributed by atoms with Crippen LogP contribution in [0.3, 0.4) is 0 Å². The van der Waals surface area contributed by atoms with Gasteiger partial charge in [0.2, 0.25) is 11.5 Å². The second-order valence-electron chi connectivity index (χ2n) is 7.07. The van der Waals surface area contributed by atoms with Crippen LogP contribution in [0.25, 0.3) is 0 Å². The van der Waals surface area contributed by atoms with Gasteiger partial charge in [0.15, 0.2) is 34.6 Å². The number of hydrogen-bond donors (Lipinski definition) is 6. The summed E-state index contributed by atoms with van der Waals surface area (Å²) in [5.74, 6) is -7.27. The molecule has 3 aromatic rings. The summed E-state index contributed by atoms with van der Waals surface area (Å²) in [7, 11) is 0. The molecule has 0 heterocycles. The highest BCUT2D eigenvalue weighted by Gasteiger charge is 2.31. The number of hydrogen-bond acceptors (Lipinski definition) is 8. The normalized spacial score (nSPS) is 10.9. The lowest BCUT2D eigenvalue weighted by molar-refractivity contribution is 0.100. The topological polar surface area (TPSA) is 156 Å². The molecule has 0 saturated heterocycles. The summed E-state index contributed by atoms with van der Waals surface area (Å²) >= 11 is 0. The number of rotatable bonds is 5. The van der Waals surface area contributed by atoms with E-state index in [0.717, 1.165) is 26.0 Å². The second-order valence-corrected chi connectivity index (χ2v) is 7.07. The van der Waals surface area contributed by atoms with Crippen LogP contribution in [-0.2, 0) is 0 Å². The van der Waals surface area contributed by atoms with Crippen LogP contribution in [0, 0.1) is 0 Å². The number of ketones is 2. The molecule has 0 aliphatic heterocycles. The van der Waals surface area contributed by atoms with E-state index in [0.29, 0.717) is 5.56 Å². The predicted octanol–water partition coefficient (Wildman–Crippen LogP) is 3.51. The van der Waals surface area contributed by atoms with Crippen molar-refractivity contribution in [2.24, 2.45) is 0 Å². The molecule has 3 aromatic carbocycles. The van der Waals surface area contributed by atoms with Crippen molar-refractivity contribution in [3.8, 4) is 34.5 Å². The third-order valence-corrected chi connectivity index (χ3v) is 5.07. The quantitative estimate of drug-likeness (QED) is 0.206. The molecule has 8 heteroatoms. The smallest absolute Gasteiger partial charge is 0.201 e. The van der Waals surface area contributed by atoms with Gasteiger partial charge in [-0.15, -0.1) is 0 Å². The average Bonchev–Trinajstić information content (AvgIpc) is 2.73. The van der Waals surface area contributed by atoms with Crippen molar-refractivity contribution < 1.29 is 40.2 Å². The Morgan fingerprint density at radius 3 is 1.35 bits per heavy atom. The van der Waals surface area contributed by atoms with Gasteiger partial charge < -0.3 is 30.6 Å². The summed E-state index contributed by atoms with van der Waals surface area (Å²) in [6.07, 6.45) is 0. The molecule has 0 unspecified atom stereocenters. The molecule has 0 saturated carbocycles. The first kappa shape index (κ1) is 21.5. The Bertz CT molecular complexity index is 1120. The van der Waals surface area contributed by atoms with Crippen LogP contribution in [0.2, 0.25) is 0 Å². The van der Waals surface area contributed by atoms with Crippen LogP contribution in [-0.4, -0.2) is 42.2 Å². The summed E-state index contributed by atoms with van der Waals surface area (Å²) in [6, 6.07) is 10.6. The van der Waals surface area contributed by atoms with Crippen LogP contribution in [0.1, 0.15) is 57.2 Å². The highest BCUT2D eigenvalue weighted by molar-refractivity contribution is 5.99. The van der Waals surface area contributed by atoms with E-state index in [-0.39, 0.29) is 22.3 Å². The van der Waals surface area contributed by atoms with Crippen LogP contribution < -0.4 is 0 Å². The number of aromatic hydroxyl groups is 6. The summed E-state index contributed by atoms with van der Waals surface area (Å²) in [4.78, 5) is 23.9. The first-order valence-electron chi connectivity index (χ1n) is 9.18. The zero-order valence-corrected chi connectivity index (χ0v) is 16.6. The number of Topliss-reactive ketones (excluding diaryl/α,β-unsaturated/α-hetero) is 2. The summed E-state index contributed by atoms with van der Waals surface area (Å²) in [5.41, 5.74) is -0.267. The molecule has 0 aliphatic carbocycles. The molecule has 0 radical (unpaired) electrons. The molecule has 31 heavy (non-hydrogen) atoms. The highest BCUT2D eigenvalue weighted by Crippen LogP contribution is 2.51. The van der Waals surface area contributed by atoms with E-state index in [4.69, 9.17) is 0 Å². The largest absolute Gasteiger partial charge is 0.504 e. The molecular weight excluding hydrogens is 404 g/mol. The molecule has 0 spiro atoms. The Morgan fingerprint density at radius 2 is 1.00 bits per heavy atom. The van der Waals surface area contributed by atoms with Gasteiger partial charge in [-0.1, -0.05) is 30.3 Å². The van der Waals surface area contributed by atoms with E-state index in [9.17, 15) is 40.2 Å². The van der Waals surface area contributed by atoms with Gasteiger partial charge in [-0.25, -0.2) is 0 Å². The van der Waals surface area contributed by atoms with Gasteiger partial charge in [-0.05, 0) is 31.5 Å². The van der Waals surface area contributed by atoms with Gasteiger partial charge in [0.25, 0.3) is 0 Å². The van der Waals surface area contributed by atoms with E-state index >= 15 is 0 Å². The first-order chi connectivity index (χ1) is 14.6. The molecule has 0 amide bonds. The van der Waals surface area contributed by atoms with Gasteiger partial charge in [-0.3, -0.25) is 9.59 Å². The molecule has 6 N–H and O–H groups in total. The Kier molecular flexibility index (Phi) is 5.49. The van der Waals surface area contributed by atoms with Crippen molar-refractivity contribution in [2.75, 3.05) is 0 Å². The number of phenolic OH excluding ortho intramolecular Hbond substituents is 6. The van der Waals surface area contributed by atoms with Gasteiger partial charge in [0.1, 0.15) is 0 Å². The third kappa shape index (κ3) is 3.59. The summed E-state index contributed by atoms with van der Waals surface area (Å²) in [6.45, 7) is 2.31. The number of carbonyl (C=O) groups is 2. The fourth-order valence-electron chi connectivity index (χ4n) is 3.49. The van der Waals surface area contributed by atoms with Crippen LogP contribution in [0.4, 0.5) is 0 Å². The maximum absolute atomic E-state index is 12.0. The monoisotopic (exact) mass is 424 g/mol. The molecule has 3 rings (SSSR count). The molecule has 0 fully saturated rings. The van der Waals surface area contributed by atoms with Crippen molar-refractivity contribution in [2.45, 2.75) is 19.8 Å². The predicted molar refractivity (Wildman–Crippen MR) is 110 cm³/mol. The van der Waals surface area contributed by atoms with Crippen molar-refractivity contribution >= 4 is 11.6 Å². The van der Waals surface area contributed by atoms with E-state index < -0.39 is 52.0 Å². The summed E-state index contributed by atoms with van der Waals surface area (Å²) in [5, 5.41) is 61.7. The van der Waals surface area contributed by atoms with Crippen molar-refractivity contribution in [1.82, 2.24) is 0 Å². The lowest BCUT2D eigenvalue weighted by Crippen LogP contribution is -2.08. The lowest BCUT2D eigenvalue weighted by Gasteiger charge is -2.23. The van der Waals surface area contributed by atoms with Crippen LogP contribution in [0.5, 0.6) is 34.5 Å². The van der Waals surface area contributed by atoms with Crippen molar-refractivity contribution in [1.29, 1.82) is 0 Å². The van der Waals surface area contributed by atoms with Crippen molar-refractivity contribution in [3.63, 3.8) is 0 Å². The zero-order valence-electron chi connectivity index (χ0n) is 16.6. The van der Waals surface area contributed by atoms with E-state index in [1.54, 1.807) is 30.3 Å². The Balaban J connectivity index is 2.45. The minimum Gasteiger partial charge on any atom is -0.504 e. The minimum atomic E-state index is -1.10. The minimum absolute atomic E-state index is 0.0819. The van der Waals surface area contributed by atoms with Gasteiger partial charge in [-0.2, -0.15) is 0 Å². The standard InChI is InChI=1S/C23H20O8/c1-10(24)13-8-15(20(28)22(30)18(13)26)17(12-6-4-3-5-7-12)16-9-14(11(2)25)19(27)23(31)21(16)29/h3-9,17,26-31H,1-2H3. The Morgan fingerprint density at radius 1 is 0.613 bits per heavy atom. The molecule has 0 aromatic heterocycles. The number of carbonyl (C=O) groups excluding carboxylic acids is 2. The SMILES string of the molecule is CC(=O)c1cc(C(c2ccccc2)c2cc(C(C)=O)c(O)c(O)c2O)c(O)c(O)c1O. The molecule has 8 nitrogen and oxygen atoms in total. The second kappa shape index (κ2) is 7.91. The first-order valence-corrected chi connectivity index (χ1v) is 9.18. The molecule has 0 atom stereocenters. The number of phenols is 6. The van der Waals surface area contributed by atoms with Crippen LogP contribution >= 0.6 is 0 Å². The molecule has 160 valence electrons. The lowest BCUT2D eigenvalue weighted by atomic mass is 9.81. The fourth-order valence-corrected chi connectivity index (χ4v) is 3.49. The van der Waals surface area contributed by atoms with Gasteiger partial charge >= 0.3 is 0 Å². The fraction of sp³-hybridized carbons (Fsp3) is 0.130. The zero-order chi connectivity index (χ0) is 23.0. The van der Waals surface area contributed by atoms with E-state index in [1.165, 1.54) is 0 Å². The molecule has 0 bridgehead atoms. The van der Waals surface area contributed by atoms with Gasteiger partial charge in [0.05, 0.1) is 11.1 Å². The van der Waals surface area contributed by atoms with E-state index in [1.807, 2.05) is 0 Å². The Hall–Kier alpha value is -4.20. The van der Waals surface area contributed by atoms with E-state index in [2.05, 4.69) is 0 Å². The molecular formula is C23H20O8. The third-order valence-electron chi connectivity index (χ3n) is 5.07. The molecule has 0 aliphatic rings. The maximum atomic E-state index is 12.0.